The second-order valence-electron chi connectivity index (χ2n) is 4.07. The van der Waals surface area contributed by atoms with E-state index in [1.165, 1.54) is 11.6 Å². The summed E-state index contributed by atoms with van der Waals surface area (Å²) in [6.07, 6.45) is 3.60. The Morgan fingerprint density at radius 1 is 1.24 bits per heavy atom. The third-order valence-electron chi connectivity index (χ3n) is 2.88. The summed E-state index contributed by atoms with van der Waals surface area (Å²) in [5.74, 6) is -0.182. The summed E-state index contributed by atoms with van der Waals surface area (Å²) in [6, 6.07) is 7.02. The van der Waals surface area contributed by atoms with Crippen molar-refractivity contribution in [1.29, 1.82) is 0 Å². The number of aryl methyl sites for hydroxylation is 1. The first-order valence-electron chi connectivity index (χ1n) is 5.57. The molecule has 0 spiro atoms. The van der Waals surface area contributed by atoms with Gasteiger partial charge in [-0.05, 0) is 43.2 Å². The van der Waals surface area contributed by atoms with Crippen molar-refractivity contribution in [3.8, 4) is 0 Å². The van der Waals surface area contributed by atoms with E-state index in [-0.39, 0.29) is 5.82 Å². The number of nitrogens with zero attached hydrogens (tertiary/aromatic N) is 1. The summed E-state index contributed by atoms with van der Waals surface area (Å²) in [5, 5.41) is 3.23. The summed E-state index contributed by atoms with van der Waals surface area (Å²) in [6.45, 7) is 4.47. The maximum absolute atomic E-state index is 13.3. The number of hydrogen-bond acceptors (Lipinski definition) is 2. The van der Waals surface area contributed by atoms with E-state index in [4.69, 9.17) is 0 Å². The first-order valence-corrected chi connectivity index (χ1v) is 5.57. The molecule has 2 rings (SSSR count). The third kappa shape index (κ3) is 2.61. The number of hydrogen-bond donors (Lipinski definition) is 1. The van der Waals surface area contributed by atoms with Gasteiger partial charge < -0.3 is 5.32 Å². The molecular weight excluding hydrogens is 215 g/mol. The zero-order chi connectivity index (χ0) is 12.3. The van der Waals surface area contributed by atoms with E-state index < -0.39 is 0 Å². The van der Waals surface area contributed by atoms with Gasteiger partial charge in [0.2, 0.25) is 0 Å². The predicted molar refractivity (Wildman–Crippen MR) is 67.4 cm³/mol. The van der Waals surface area contributed by atoms with Gasteiger partial charge in [0.05, 0.1) is 0 Å². The molecule has 1 heterocycles. The highest BCUT2D eigenvalue weighted by Gasteiger charge is 2.03. The number of nitrogens with one attached hydrogen (secondary N) is 1. The first-order chi connectivity index (χ1) is 8.18. The van der Waals surface area contributed by atoms with E-state index in [0.717, 1.165) is 11.3 Å². The van der Waals surface area contributed by atoms with Crippen molar-refractivity contribution in [2.75, 3.05) is 5.32 Å². The van der Waals surface area contributed by atoms with E-state index in [1.54, 1.807) is 19.2 Å². The van der Waals surface area contributed by atoms with Crippen LogP contribution in [-0.4, -0.2) is 4.98 Å². The molecule has 0 radical (unpaired) electrons. The fraction of sp³-hybridized carbons (Fsp3) is 0.214. The minimum atomic E-state index is -0.182. The Kier molecular flexibility index (Phi) is 3.38. The molecule has 3 heteroatoms. The summed E-state index contributed by atoms with van der Waals surface area (Å²) in [5.41, 5.74) is 3.78. The molecule has 0 aliphatic carbocycles. The molecule has 17 heavy (non-hydrogen) atoms. The van der Waals surface area contributed by atoms with Crippen LogP contribution >= 0.6 is 0 Å². The van der Waals surface area contributed by atoms with Gasteiger partial charge >= 0.3 is 0 Å². The molecule has 0 amide bonds. The molecule has 0 bridgehead atoms. The van der Waals surface area contributed by atoms with Crippen LogP contribution in [-0.2, 0) is 6.54 Å². The lowest BCUT2D eigenvalue weighted by Crippen LogP contribution is -2.03. The number of rotatable bonds is 3. The van der Waals surface area contributed by atoms with Crippen LogP contribution in [0.1, 0.15) is 16.7 Å². The monoisotopic (exact) mass is 230 g/mol. The minimum absolute atomic E-state index is 0.182. The van der Waals surface area contributed by atoms with E-state index in [2.05, 4.69) is 10.3 Å². The van der Waals surface area contributed by atoms with Crippen LogP contribution in [0.25, 0.3) is 0 Å². The first kappa shape index (κ1) is 11.6. The topological polar surface area (TPSA) is 24.9 Å². The van der Waals surface area contributed by atoms with Crippen LogP contribution in [0.3, 0.4) is 0 Å². The largest absolute Gasteiger partial charge is 0.381 e. The summed E-state index contributed by atoms with van der Waals surface area (Å²) < 4.78 is 13.3. The lowest BCUT2D eigenvalue weighted by atomic mass is 10.1. The number of anilines is 1. The standard InChI is InChI=1S/C14H15FN2/c1-10-6-7-16-8-12(10)9-17-14-5-3-4-13(15)11(14)2/h3-8,17H,9H2,1-2H3. The molecule has 0 atom stereocenters. The molecule has 2 nitrogen and oxygen atoms in total. The molecule has 1 aromatic carbocycles. The summed E-state index contributed by atoms with van der Waals surface area (Å²) in [7, 11) is 0. The Labute approximate surface area is 101 Å². The van der Waals surface area contributed by atoms with Crippen molar-refractivity contribution in [3.63, 3.8) is 0 Å². The molecule has 0 saturated carbocycles. The lowest BCUT2D eigenvalue weighted by Gasteiger charge is -2.11. The molecule has 88 valence electrons. The van der Waals surface area contributed by atoms with Gasteiger partial charge in [0, 0.05) is 30.2 Å². The number of halogens is 1. The second-order valence-corrected chi connectivity index (χ2v) is 4.07. The number of pyridine rings is 1. The molecule has 1 N–H and O–H groups in total. The quantitative estimate of drug-likeness (QED) is 0.873. The maximum Gasteiger partial charge on any atom is 0.128 e. The zero-order valence-electron chi connectivity index (χ0n) is 10.00. The number of aromatic nitrogens is 1. The van der Waals surface area contributed by atoms with Crippen LogP contribution in [0.2, 0.25) is 0 Å². The maximum atomic E-state index is 13.3. The number of benzene rings is 1. The van der Waals surface area contributed by atoms with E-state index in [0.29, 0.717) is 12.1 Å². The Morgan fingerprint density at radius 2 is 2.06 bits per heavy atom. The van der Waals surface area contributed by atoms with Gasteiger partial charge in [0.15, 0.2) is 0 Å². The second kappa shape index (κ2) is 4.95. The van der Waals surface area contributed by atoms with Crippen LogP contribution in [0.15, 0.2) is 36.7 Å². The smallest absolute Gasteiger partial charge is 0.128 e. The molecule has 2 aromatic rings. The molecule has 0 fully saturated rings. The third-order valence-corrected chi connectivity index (χ3v) is 2.88. The van der Waals surface area contributed by atoms with E-state index in [9.17, 15) is 4.39 Å². The van der Waals surface area contributed by atoms with Crippen molar-refractivity contribution in [1.82, 2.24) is 4.98 Å². The van der Waals surface area contributed by atoms with Gasteiger partial charge in [0.1, 0.15) is 5.82 Å². The Balaban J connectivity index is 2.13. The molecule has 0 aliphatic heterocycles. The normalized spacial score (nSPS) is 10.3. The predicted octanol–water partition coefficient (Wildman–Crippen LogP) is 3.45. The van der Waals surface area contributed by atoms with Gasteiger partial charge in [-0.2, -0.15) is 0 Å². The average Bonchev–Trinajstić information content (AvgIpc) is 2.33. The average molecular weight is 230 g/mol. The van der Waals surface area contributed by atoms with Gasteiger partial charge in [-0.3, -0.25) is 4.98 Å². The van der Waals surface area contributed by atoms with Gasteiger partial charge in [-0.25, -0.2) is 4.39 Å². The lowest BCUT2D eigenvalue weighted by molar-refractivity contribution is 0.619. The van der Waals surface area contributed by atoms with Crippen LogP contribution in [0, 0.1) is 19.7 Å². The molecule has 0 aliphatic rings. The van der Waals surface area contributed by atoms with E-state index >= 15 is 0 Å². The van der Waals surface area contributed by atoms with Gasteiger partial charge in [-0.15, -0.1) is 0 Å². The highest BCUT2D eigenvalue weighted by molar-refractivity contribution is 5.51. The molecule has 0 unspecified atom stereocenters. The van der Waals surface area contributed by atoms with Crippen LogP contribution in [0.4, 0.5) is 10.1 Å². The Morgan fingerprint density at radius 3 is 2.82 bits per heavy atom. The van der Waals surface area contributed by atoms with Crippen molar-refractivity contribution in [3.05, 3.63) is 59.2 Å². The fourth-order valence-electron chi connectivity index (χ4n) is 1.67. The van der Waals surface area contributed by atoms with Gasteiger partial charge in [0.25, 0.3) is 0 Å². The highest BCUT2D eigenvalue weighted by atomic mass is 19.1. The van der Waals surface area contributed by atoms with Crippen LogP contribution in [0.5, 0.6) is 0 Å². The van der Waals surface area contributed by atoms with Crippen molar-refractivity contribution >= 4 is 5.69 Å². The van der Waals surface area contributed by atoms with Crippen molar-refractivity contribution in [2.24, 2.45) is 0 Å². The van der Waals surface area contributed by atoms with Gasteiger partial charge in [-0.1, -0.05) is 6.07 Å². The molecule has 1 aromatic heterocycles. The Bertz CT molecular complexity index is 523. The highest BCUT2D eigenvalue weighted by Crippen LogP contribution is 2.18. The van der Waals surface area contributed by atoms with Crippen molar-refractivity contribution in [2.45, 2.75) is 20.4 Å². The molecular formula is C14H15FN2. The fourth-order valence-corrected chi connectivity index (χ4v) is 1.67. The Hall–Kier alpha value is -1.90. The van der Waals surface area contributed by atoms with Crippen LogP contribution < -0.4 is 5.32 Å². The summed E-state index contributed by atoms with van der Waals surface area (Å²) >= 11 is 0. The molecule has 0 saturated heterocycles. The minimum Gasteiger partial charge on any atom is -0.381 e. The SMILES string of the molecule is Cc1ccncc1CNc1cccc(F)c1C. The summed E-state index contributed by atoms with van der Waals surface area (Å²) in [4.78, 5) is 4.08. The zero-order valence-corrected chi connectivity index (χ0v) is 10.00. The van der Waals surface area contributed by atoms with E-state index in [1.807, 2.05) is 25.3 Å². The van der Waals surface area contributed by atoms with Crippen molar-refractivity contribution < 1.29 is 4.39 Å².